The number of imidazole rings is 1. The number of nitrogens with zero attached hydrogens (tertiary/aromatic N) is 3. The molecule has 118 valence electrons. The molecule has 0 unspecified atom stereocenters. The van der Waals surface area contributed by atoms with Gasteiger partial charge in [0.25, 0.3) is 0 Å². The Bertz CT molecular complexity index is 764. The summed E-state index contributed by atoms with van der Waals surface area (Å²) in [6.07, 6.45) is 3.97. The summed E-state index contributed by atoms with van der Waals surface area (Å²) in [6, 6.07) is 11.0. The van der Waals surface area contributed by atoms with Gasteiger partial charge in [-0.2, -0.15) is 11.3 Å². The molecule has 3 heterocycles. The van der Waals surface area contributed by atoms with Gasteiger partial charge in [0.1, 0.15) is 11.6 Å². The van der Waals surface area contributed by atoms with Crippen LogP contribution in [0, 0.1) is 0 Å². The average molecular weight is 325 g/mol. The number of methoxy groups -OCH3 is 1. The van der Waals surface area contributed by atoms with Gasteiger partial charge in [0.15, 0.2) is 0 Å². The van der Waals surface area contributed by atoms with Crippen LogP contribution >= 0.6 is 11.3 Å². The number of thiophene rings is 1. The highest BCUT2D eigenvalue weighted by atomic mass is 32.1. The molecule has 23 heavy (non-hydrogen) atoms. The third-order valence-corrected chi connectivity index (χ3v) is 5.16. The summed E-state index contributed by atoms with van der Waals surface area (Å²) in [5.41, 5.74) is 2.69. The van der Waals surface area contributed by atoms with E-state index in [1.807, 2.05) is 18.3 Å². The van der Waals surface area contributed by atoms with Crippen molar-refractivity contribution in [2.75, 3.05) is 7.11 Å². The van der Waals surface area contributed by atoms with Crippen LogP contribution in [-0.2, 0) is 19.6 Å². The topological polar surface area (TPSA) is 30.3 Å². The van der Waals surface area contributed by atoms with Crippen LogP contribution in [0.1, 0.15) is 23.0 Å². The van der Waals surface area contributed by atoms with E-state index in [4.69, 9.17) is 4.74 Å². The van der Waals surface area contributed by atoms with Crippen molar-refractivity contribution in [2.45, 2.75) is 25.7 Å². The number of ether oxygens (including phenoxy) is 1. The lowest BCUT2D eigenvalue weighted by Crippen LogP contribution is -2.36. The van der Waals surface area contributed by atoms with Gasteiger partial charge in [-0.05, 0) is 40.1 Å². The number of hydrogen-bond acceptors (Lipinski definition) is 4. The van der Waals surface area contributed by atoms with Crippen molar-refractivity contribution in [1.29, 1.82) is 0 Å². The van der Waals surface area contributed by atoms with E-state index < -0.39 is 0 Å². The van der Waals surface area contributed by atoms with Crippen molar-refractivity contribution >= 4 is 11.3 Å². The molecule has 1 aliphatic rings. The van der Waals surface area contributed by atoms with E-state index in [0.29, 0.717) is 6.04 Å². The Hall–Kier alpha value is -2.11. The largest absolute Gasteiger partial charge is 0.497 e. The van der Waals surface area contributed by atoms with Crippen LogP contribution in [-0.4, -0.2) is 21.6 Å². The summed E-state index contributed by atoms with van der Waals surface area (Å²) in [5, 5.41) is 4.37. The summed E-state index contributed by atoms with van der Waals surface area (Å²) in [7, 11) is 1.70. The first-order valence-corrected chi connectivity index (χ1v) is 8.67. The second-order valence-electron chi connectivity index (χ2n) is 5.82. The fraction of sp³-hybridized carbons (Fsp3) is 0.278. The molecule has 0 aliphatic carbocycles. The van der Waals surface area contributed by atoms with Crippen LogP contribution in [0.2, 0.25) is 0 Å². The minimum Gasteiger partial charge on any atom is -0.497 e. The number of rotatable bonds is 4. The van der Waals surface area contributed by atoms with E-state index in [1.165, 1.54) is 11.1 Å². The molecule has 1 aliphatic heterocycles. The minimum absolute atomic E-state index is 0.350. The molecular weight excluding hydrogens is 306 g/mol. The van der Waals surface area contributed by atoms with Crippen molar-refractivity contribution in [3.63, 3.8) is 0 Å². The molecule has 0 saturated heterocycles. The first-order valence-electron chi connectivity index (χ1n) is 7.72. The van der Waals surface area contributed by atoms with Crippen LogP contribution < -0.4 is 4.74 Å². The SMILES string of the molecule is COc1ccc([C@@H]2Cn3ccnc3CN2Cc2ccsc2)cc1. The molecule has 0 spiro atoms. The first kappa shape index (κ1) is 14.5. The maximum absolute atomic E-state index is 5.29. The molecule has 1 atom stereocenters. The van der Waals surface area contributed by atoms with Gasteiger partial charge in [0.05, 0.1) is 19.7 Å². The molecule has 0 fully saturated rings. The zero-order chi connectivity index (χ0) is 15.6. The normalized spacial score (nSPS) is 17.9. The highest BCUT2D eigenvalue weighted by molar-refractivity contribution is 7.07. The zero-order valence-corrected chi connectivity index (χ0v) is 13.9. The molecule has 4 rings (SSSR count). The number of fused-ring (bicyclic) bond motifs is 1. The van der Waals surface area contributed by atoms with Gasteiger partial charge in [-0.15, -0.1) is 0 Å². The highest BCUT2D eigenvalue weighted by Crippen LogP contribution is 2.31. The van der Waals surface area contributed by atoms with Crippen molar-refractivity contribution < 1.29 is 4.74 Å². The van der Waals surface area contributed by atoms with Crippen molar-refractivity contribution in [3.05, 3.63) is 70.4 Å². The maximum Gasteiger partial charge on any atom is 0.122 e. The Labute approximate surface area is 140 Å². The number of aromatic nitrogens is 2. The molecule has 5 heteroatoms. The van der Waals surface area contributed by atoms with E-state index in [0.717, 1.165) is 31.2 Å². The summed E-state index contributed by atoms with van der Waals surface area (Å²) in [5.74, 6) is 2.04. The van der Waals surface area contributed by atoms with E-state index >= 15 is 0 Å². The van der Waals surface area contributed by atoms with Crippen LogP contribution in [0.25, 0.3) is 0 Å². The Balaban J connectivity index is 1.65. The summed E-state index contributed by atoms with van der Waals surface area (Å²) in [4.78, 5) is 7.00. The third-order valence-electron chi connectivity index (χ3n) is 4.42. The Morgan fingerprint density at radius 2 is 2.13 bits per heavy atom. The Morgan fingerprint density at radius 1 is 1.26 bits per heavy atom. The molecule has 0 saturated carbocycles. The molecule has 1 aromatic carbocycles. The predicted octanol–water partition coefficient (Wildman–Crippen LogP) is 3.71. The van der Waals surface area contributed by atoms with Gasteiger partial charge in [-0.25, -0.2) is 4.98 Å². The van der Waals surface area contributed by atoms with E-state index in [2.05, 4.69) is 49.6 Å². The molecule has 0 radical (unpaired) electrons. The average Bonchev–Trinajstić information content (AvgIpc) is 3.25. The van der Waals surface area contributed by atoms with Crippen molar-refractivity contribution in [3.8, 4) is 5.75 Å². The first-order chi connectivity index (χ1) is 11.3. The van der Waals surface area contributed by atoms with E-state index in [-0.39, 0.29) is 0 Å². The van der Waals surface area contributed by atoms with Crippen LogP contribution in [0.15, 0.2) is 53.5 Å². The lowest BCUT2D eigenvalue weighted by molar-refractivity contribution is 0.128. The van der Waals surface area contributed by atoms with Gasteiger partial charge < -0.3 is 9.30 Å². The predicted molar refractivity (Wildman–Crippen MR) is 91.5 cm³/mol. The maximum atomic E-state index is 5.29. The smallest absolute Gasteiger partial charge is 0.122 e. The molecule has 0 bridgehead atoms. The van der Waals surface area contributed by atoms with Gasteiger partial charge in [-0.1, -0.05) is 12.1 Å². The van der Waals surface area contributed by atoms with Crippen LogP contribution in [0.5, 0.6) is 5.75 Å². The van der Waals surface area contributed by atoms with E-state index in [1.54, 1.807) is 18.4 Å². The second-order valence-corrected chi connectivity index (χ2v) is 6.60. The molecule has 3 aromatic rings. The highest BCUT2D eigenvalue weighted by Gasteiger charge is 2.28. The second kappa shape index (κ2) is 6.18. The zero-order valence-electron chi connectivity index (χ0n) is 13.1. The van der Waals surface area contributed by atoms with Crippen LogP contribution in [0.4, 0.5) is 0 Å². The summed E-state index contributed by atoms with van der Waals surface area (Å²) >= 11 is 1.75. The summed E-state index contributed by atoms with van der Waals surface area (Å²) in [6.45, 7) is 2.76. The number of benzene rings is 1. The lowest BCUT2D eigenvalue weighted by atomic mass is 10.0. The standard InChI is InChI=1S/C18H19N3OS/c1-22-16-4-2-15(3-5-16)17-11-20-8-7-19-18(20)12-21(17)10-14-6-9-23-13-14/h2-9,13,17H,10-12H2,1H3/t17-/m0/s1. The monoisotopic (exact) mass is 325 g/mol. The fourth-order valence-electron chi connectivity index (χ4n) is 3.18. The molecule has 0 N–H and O–H groups in total. The van der Waals surface area contributed by atoms with Crippen molar-refractivity contribution in [2.24, 2.45) is 0 Å². The third kappa shape index (κ3) is 2.90. The Morgan fingerprint density at radius 3 is 2.87 bits per heavy atom. The van der Waals surface area contributed by atoms with Crippen LogP contribution in [0.3, 0.4) is 0 Å². The molecule has 2 aromatic heterocycles. The molecule has 0 amide bonds. The molecule has 4 nitrogen and oxygen atoms in total. The summed E-state index contributed by atoms with van der Waals surface area (Å²) < 4.78 is 7.55. The van der Waals surface area contributed by atoms with Gasteiger partial charge in [-0.3, -0.25) is 4.90 Å². The quantitative estimate of drug-likeness (QED) is 0.732. The van der Waals surface area contributed by atoms with Gasteiger partial charge >= 0.3 is 0 Å². The minimum atomic E-state index is 0.350. The fourth-order valence-corrected chi connectivity index (χ4v) is 3.84. The Kier molecular flexibility index (Phi) is 3.89. The van der Waals surface area contributed by atoms with Gasteiger partial charge in [0.2, 0.25) is 0 Å². The lowest BCUT2D eigenvalue weighted by Gasteiger charge is -2.36. The molecular formula is C18H19N3OS. The van der Waals surface area contributed by atoms with E-state index in [9.17, 15) is 0 Å². The van der Waals surface area contributed by atoms with Gasteiger partial charge in [0, 0.05) is 25.5 Å². The van der Waals surface area contributed by atoms with Crippen molar-refractivity contribution in [1.82, 2.24) is 14.5 Å². The number of hydrogen-bond donors (Lipinski definition) is 0.